The van der Waals surface area contributed by atoms with E-state index in [0.29, 0.717) is 26.9 Å². The minimum absolute atomic E-state index is 0.190. The molecule has 2 aliphatic rings. The average Bonchev–Trinajstić information content (AvgIpc) is 3.43. The van der Waals surface area contributed by atoms with Gasteiger partial charge in [-0.15, -0.1) is 0 Å². The molecule has 2 aromatic heterocycles. The maximum absolute atomic E-state index is 13.9. The van der Waals surface area contributed by atoms with Crippen LogP contribution in [0.4, 0.5) is 24.5 Å². The minimum Gasteiger partial charge on any atom is -0.497 e. The van der Waals surface area contributed by atoms with Gasteiger partial charge in [-0.25, -0.2) is 4.90 Å². The lowest BCUT2D eigenvalue weighted by Gasteiger charge is -2.30. The van der Waals surface area contributed by atoms with Crippen LogP contribution in [-0.2, 0) is 27.1 Å². The molecular formula is C29H21F3N4O5S2. The Bertz CT molecular complexity index is 1790. The molecule has 14 heteroatoms. The van der Waals surface area contributed by atoms with Crippen molar-refractivity contribution in [1.82, 2.24) is 9.55 Å². The van der Waals surface area contributed by atoms with E-state index in [1.165, 1.54) is 30.1 Å². The number of thioether (sulfide) groups is 1. The summed E-state index contributed by atoms with van der Waals surface area (Å²) < 4.78 is 46.7. The molecule has 43 heavy (non-hydrogen) atoms. The van der Waals surface area contributed by atoms with Gasteiger partial charge in [-0.1, -0.05) is 35.2 Å². The molecule has 0 radical (unpaired) electrons. The number of carbonyl (C=O) groups excluding carboxylic acids is 3. The van der Waals surface area contributed by atoms with Crippen molar-refractivity contribution >= 4 is 52.2 Å². The summed E-state index contributed by atoms with van der Waals surface area (Å²) in [7, 11) is 1.52. The lowest BCUT2D eigenvalue weighted by molar-refractivity contribution is -0.137. The number of aromatic nitrogens is 2. The molecule has 4 aromatic rings. The highest BCUT2D eigenvalue weighted by atomic mass is 32.2. The lowest BCUT2D eigenvalue weighted by atomic mass is 9.84. The molecule has 1 saturated heterocycles. The number of hydrogen-bond donors (Lipinski definition) is 1. The number of methoxy groups -OCH3 is 1. The van der Waals surface area contributed by atoms with Gasteiger partial charge in [0.15, 0.2) is 0 Å². The van der Waals surface area contributed by atoms with Crippen LogP contribution in [0.1, 0.15) is 21.9 Å². The van der Waals surface area contributed by atoms with Crippen LogP contribution in [-0.4, -0.2) is 39.6 Å². The fourth-order valence-corrected chi connectivity index (χ4v) is 8.04. The van der Waals surface area contributed by atoms with Crippen molar-refractivity contribution in [3.05, 3.63) is 98.7 Å². The first-order chi connectivity index (χ1) is 20.6. The fourth-order valence-electron chi connectivity index (χ4n) is 5.27. The predicted octanol–water partition coefficient (Wildman–Crippen LogP) is 4.77. The number of carbonyl (C=O) groups is 3. The van der Waals surface area contributed by atoms with Crippen LogP contribution in [0.5, 0.6) is 5.75 Å². The van der Waals surface area contributed by atoms with Gasteiger partial charge in [-0.05, 0) is 54.1 Å². The molecule has 3 amide bonds. The van der Waals surface area contributed by atoms with E-state index in [1.807, 2.05) is 0 Å². The second-order valence-electron chi connectivity index (χ2n) is 9.79. The molecule has 2 unspecified atom stereocenters. The molecule has 3 atom stereocenters. The van der Waals surface area contributed by atoms with E-state index in [1.54, 1.807) is 36.4 Å². The number of nitrogens with zero attached hydrogens (tertiary/aromatic N) is 3. The number of fused-ring (bicyclic) bond motifs is 2. The van der Waals surface area contributed by atoms with Crippen molar-refractivity contribution in [2.45, 2.75) is 28.9 Å². The number of thiazole rings is 1. The number of benzene rings is 2. The van der Waals surface area contributed by atoms with Gasteiger partial charge in [0.25, 0.3) is 0 Å². The normalized spacial score (nSPS) is 19.6. The molecule has 220 valence electrons. The summed E-state index contributed by atoms with van der Waals surface area (Å²) in [4.78, 5) is 58.8. The number of ether oxygens (including phenoxy) is 1. The standard InChI is InChI=1S/C29H21F3N4O5S2/c1-41-19-9-7-17(8-10-19)34-20(37)14-35-27-24(43-28(35)40)21(15-4-3-11-33-13-15)22-23(42-27)26(39)36(25(22)38)18-6-2-5-16(12-18)29(30,31)32/h2-13,21-23H,14H2,1H3,(H,34,37)/t21-,22?,23?/m0/s1. The van der Waals surface area contributed by atoms with E-state index in [-0.39, 0.29) is 12.2 Å². The summed E-state index contributed by atoms with van der Waals surface area (Å²) in [5, 5.41) is 2.02. The van der Waals surface area contributed by atoms with E-state index >= 15 is 0 Å². The van der Waals surface area contributed by atoms with Gasteiger partial charge in [-0.3, -0.25) is 28.7 Å². The van der Waals surface area contributed by atoms with E-state index < -0.39 is 51.4 Å². The summed E-state index contributed by atoms with van der Waals surface area (Å²) in [6.07, 6.45) is -1.61. The van der Waals surface area contributed by atoms with Crippen LogP contribution < -0.4 is 19.8 Å². The van der Waals surface area contributed by atoms with Gasteiger partial charge in [0.05, 0.1) is 29.3 Å². The Morgan fingerprint density at radius 3 is 2.49 bits per heavy atom. The largest absolute Gasteiger partial charge is 0.497 e. The summed E-state index contributed by atoms with van der Waals surface area (Å²) in [5.41, 5.74) is -0.142. The Balaban J connectivity index is 1.38. The van der Waals surface area contributed by atoms with Gasteiger partial charge in [-0.2, -0.15) is 13.2 Å². The Hall–Kier alpha value is -4.43. The number of rotatable bonds is 6. The third kappa shape index (κ3) is 5.20. The van der Waals surface area contributed by atoms with Crippen LogP contribution in [0.25, 0.3) is 0 Å². The summed E-state index contributed by atoms with van der Waals surface area (Å²) in [6.45, 7) is -0.361. The predicted molar refractivity (Wildman–Crippen MR) is 153 cm³/mol. The number of imide groups is 1. The quantitative estimate of drug-likeness (QED) is 0.307. The number of hydrogen-bond acceptors (Lipinski definition) is 8. The molecule has 0 saturated carbocycles. The maximum atomic E-state index is 13.9. The second kappa shape index (κ2) is 11.0. The first-order valence-electron chi connectivity index (χ1n) is 12.9. The summed E-state index contributed by atoms with van der Waals surface area (Å²) in [6, 6.07) is 14.0. The Labute approximate surface area is 250 Å². The zero-order chi connectivity index (χ0) is 30.5. The van der Waals surface area contributed by atoms with Crippen LogP contribution in [0.15, 0.2) is 82.9 Å². The molecule has 6 rings (SSSR count). The second-order valence-corrected chi connectivity index (χ2v) is 11.9. The maximum Gasteiger partial charge on any atom is 0.416 e. The number of halogens is 3. The van der Waals surface area contributed by atoms with Crippen LogP contribution in [0, 0.1) is 5.92 Å². The van der Waals surface area contributed by atoms with Gasteiger partial charge < -0.3 is 10.1 Å². The van der Waals surface area contributed by atoms with Gasteiger partial charge in [0.1, 0.15) is 17.5 Å². The Morgan fingerprint density at radius 2 is 1.81 bits per heavy atom. The average molecular weight is 627 g/mol. The van der Waals surface area contributed by atoms with Crippen molar-refractivity contribution in [3.8, 4) is 5.75 Å². The Morgan fingerprint density at radius 1 is 1.05 bits per heavy atom. The molecule has 2 aromatic carbocycles. The van der Waals surface area contributed by atoms with Crippen LogP contribution in [0.3, 0.4) is 0 Å². The molecule has 2 aliphatic heterocycles. The zero-order valence-electron chi connectivity index (χ0n) is 22.2. The highest BCUT2D eigenvalue weighted by Crippen LogP contribution is 2.54. The molecule has 0 aliphatic carbocycles. The van der Waals surface area contributed by atoms with Crippen molar-refractivity contribution in [1.29, 1.82) is 0 Å². The van der Waals surface area contributed by atoms with E-state index in [2.05, 4.69) is 10.3 Å². The highest BCUT2D eigenvalue weighted by molar-refractivity contribution is 8.00. The van der Waals surface area contributed by atoms with Crippen LogP contribution >= 0.6 is 23.1 Å². The zero-order valence-corrected chi connectivity index (χ0v) is 23.8. The number of alkyl halides is 3. The van der Waals surface area contributed by atoms with Crippen LogP contribution in [0.2, 0.25) is 0 Å². The fraction of sp³-hybridized carbons (Fsp3) is 0.207. The number of anilines is 2. The van der Waals surface area contributed by atoms with Crippen molar-refractivity contribution in [3.63, 3.8) is 0 Å². The monoisotopic (exact) mass is 626 g/mol. The van der Waals surface area contributed by atoms with E-state index in [9.17, 15) is 32.3 Å². The smallest absolute Gasteiger partial charge is 0.416 e. The third-order valence-corrected chi connectivity index (χ3v) is 9.80. The van der Waals surface area contributed by atoms with E-state index in [0.717, 1.165) is 46.2 Å². The molecule has 0 spiro atoms. The molecule has 1 fully saturated rings. The minimum atomic E-state index is -4.67. The van der Waals surface area contributed by atoms with Gasteiger partial charge in [0, 0.05) is 28.9 Å². The Kier molecular flexibility index (Phi) is 7.34. The van der Waals surface area contributed by atoms with Crippen molar-refractivity contribution in [2.24, 2.45) is 5.92 Å². The molecule has 1 N–H and O–H groups in total. The SMILES string of the molecule is COc1ccc(NC(=O)Cn2c3c(sc2=O)[C@@H](c2cccnc2)C2C(=O)N(c4cccc(C(F)(F)F)c4)C(=O)C2S3)cc1. The first kappa shape index (κ1) is 28.7. The number of amides is 3. The summed E-state index contributed by atoms with van der Waals surface area (Å²) >= 11 is 1.83. The topological polar surface area (TPSA) is 111 Å². The molecule has 9 nitrogen and oxygen atoms in total. The van der Waals surface area contributed by atoms with Gasteiger partial charge in [0.2, 0.25) is 17.7 Å². The number of pyridine rings is 1. The number of nitrogens with one attached hydrogen (secondary N) is 1. The molecular weight excluding hydrogens is 605 g/mol. The first-order valence-corrected chi connectivity index (χ1v) is 14.6. The molecule has 4 heterocycles. The van der Waals surface area contributed by atoms with Crippen molar-refractivity contribution in [2.75, 3.05) is 17.3 Å². The highest BCUT2D eigenvalue weighted by Gasteiger charge is 2.57. The van der Waals surface area contributed by atoms with Crippen molar-refractivity contribution < 1.29 is 32.3 Å². The van der Waals surface area contributed by atoms with E-state index in [4.69, 9.17) is 4.74 Å². The lowest BCUT2D eigenvalue weighted by Crippen LogP contribution is -2.33. The third-order valence-electron chi connectivity index (χ3n) is 7.20. The van der Waals surface area contributed by atoms with Gasteiger partial charge >= 0.3 is 11.0 Å². The molecule has 0 bridgehead atoms. The summed E-state index contributed by atoms with van der Waals surface area (Å²) in [5.74, 6) is -3.07.